The Balaban J connectivity index is 0.000000251. The summed E-state index contributed by atoms with van der Waals surface area (Å²) in [7, 11) is 0. The zero-order valence-corrected chi connectivity index (χ0v) is 28.1. The van der Waals surface area contributed by atoms with Crippen LogP contribution >= 0.6 is 0 Å². The summed E-state index contributed by atoms with van der Waals surface area (Å²) in [5.41, 5.74) is 3.17. The van der Waals surface area contributed by atoms with E-state index in [1.165, 1.54) is 5.57 Å². The van der Waals surface area contributed by atoms with Gasteiger partial charge in [-0.2, -0.15) is 4.98 Å². The van der Waals surface area contributed by atoms with Crippen LogP contribution in [0.25, 0.3) is 0 Å². The molecule has 1 aromatic heterocycles. The average molecular weight is 613 g/mol. The zero-order chi connectivity index (χ0) is 32.7. The second kappa shape index (κ2) is 18.0. The third-order valence-electron chi connectivity index (χ3n) is 7.50. The van der Waals surface area contributed by atoms with Crippen LogP contribution in [0.2, 0.25) is 0 Å². The Hall–Kier alpha value is -4.06. The number of ether oxygens (including phenoxy) is 3. The van der Waals surface area contributed by atoms with Gasteiger partial charge in [-0.1, -0.05) is 99.4 Å². The summed E-state index contributed by atoms with van der Waals surface area (Å²) in [4.78, 5) is 18.3. The van der Waals surface area contributed by atoms with Crippen LogP contribution in [-0.4, -0.2) is 41.3 Å². The van der Waals surface area contributed by atoms with Gasteiger partial charge in [-0.3, -0.25) is 0 Å². The van der Waals surface area contributed by atoms with Crippen LogP contribution in [0.3, 0.4) is 0 Å². The second-order valence-electron chi connectivity index (χ2n) is 12.9. The number of hydrogen-bond donors (Lipinski definition) is 0. The van der Waals surface area contributed by atoms with Crippen LogP contribution in [0.5, 0.6) is 11.8 Å². The fourth-order valence-corrected chi connectivity index (χ4v) is 4.88. The third-order valence-corrected chi connectivity index (χ3v) is 7.50. The number of aryl methyl sites for hydroxylation is 1. The molecule has 0 bridgehead atoms. The molecule has 2 aliphatic rings. The van der Waals surface area contributed by atoms with Crippen LogP contribution in [0.4, 0.5) is 4.79 Å². The van der Waals surface area contributed by atoms with Gasteiger partial charge in [0.05, 0.1) is 6.61 Å². The van der Waals surface area contributed by atoms with Crippen molar-refractivity contribution in [1.29, 1.82) is 0 Å². The SMILES string of the molecule is C=C/C=C\C=C/C(C)COc1nc(OCc2ccccc2)ccc1C.C[C@H]1C=CC(C2CCN(C(=O)OC(C)(C)C)CC2)=CC1. The third kappa shape index (κ3) is 13.2. The molecule has 1 fully saturated rings. The van der Waals surface area contributed by atoms with Crippen molar-refractivity contribution in [3.05, 3.63) is 114 Å². The van der Waals surface area contributed by atoms with E-state index in [-0.39, 0.29) is 12.0 Å². The Bertz CT molecular complexity index is 1330. The molecule has 0 saturated carbocycles. The quantitative estimate of drug-likeness (QED) is 0.250. The smallest absolute Gasteiger partial charge is 0.410 e. The summed E-state index contributed by atoms with van der Waals surface area (Å²) in [6, 6.07) is 13.9. The van der Waals surface area contributed by atoms with Crippen molar-refractivity contribution in [3.63, 3.8) is 0 Å². The van der Waals surface area contributed by atoms with Crippen molar-refractivity contribution in [2.45, 2.75) is 73.0 Å². The summed E-state index contributed by atoms with van der Waals surface area (Å²) >= 11 is 0. The Morgan fingerprint density at radius 2 is 1.80 bits per heavy atom. The lowest BCUT2D eigenvalue weighted by Crippen LogP contribution is -2.42. The molecule has 6 heteroatoms. The van der Waals surface area contributed by atoms with E-state index in [0.717, 1.165) is 43.5 Å². The Kier molecular flexibility index (Phi) is 14.2. The van der Waals surface area contributed by atoms with E-state index in [9.17, 15) is 4.79 Å². The number of benzene rings is 1. The van der Waals surface area contributed by atoms with Crippen LogP contribution in [0, 0.1) is 24.7 Å². The molecular weight excluding hydrogens is 560 g/mol. The number of nitrogens with zero attached hydrogens (tertiary/aromatic N) is 2. The molecule has 1 aromatic carbocycles. The zero-order valence-electron chi connectivity index (χ0n) is 28.1. The molecule has 2 atom stereocenters. The predicted octanol–water partition coefficient (Wildman–Crippen LogP) is 9.44. The number of carbonyl (C=O) groups is 1. The van der Waals surface area contributed by atoms with Crippen molar-refractivity contribution < 1.29 is 19.0 Å². The lowest BCUT2D eigenvalue weighted by Gasteiger charge is -2.34. The van der Waals surface area contributed by atoms with Gasteiger partial charge >= 0.3 is 6.09 Å². The van der Waals surface area contributed by atoms with Crippen molar-refractivity contribution >= 4 is 6.09 Å². The summed E-state index contributed by atoms with van der Waals surface area (Å²) in [5.74, 6) is 2.75. The number of likely N-dealkylation sites (tertiary alicyclic amines) is 1. The van der Waals surface area contributed by atoms with Crippen molar-refractivity contribution in [3.8, 4) is 11.8 Å². The number of piperidine rings is 1. The van der Waals surface area contributed by atoms with Gasteiger partial charge < -0.3 is 19.1 Å². The number of amides is 1. The first-order chi connectivity index (χ1) is 21.5. The molecule has 0 spiro atoms. The van der Waals surface area contributed by atoms with E-state index in [2.05, 4.69) is 49.7 Å². The van der Waals surface area contributed by atoms with Gasteiger partial charge in [0.25, 0.3) is 0 Å². The Morgan fingerprint density at radius 3 is 2.44 bits per heavy atom. The predicted molar refractivity (Wildman–Crippen MR) is 184 cm³/mol. The fourth-order valence-electron chi connectivity index (χ4n) is 4.88. The molecule has 0 radical (unpaired) electrons. The summed E-state index contributed by atoms with van der Waals surface area (Å²) in [6.07, 6.45) is 19.7. The van der Waals surface area contributed by atoms with Crippen LogP contribution < -0.4 is 9.47 Å². The lowest BCUT2D eigenvalue weighted by molar-refractivity contribution is 0.0195. The van der Waals surface area contributed by atoms with Crippen LogP contribution in [-0.2, 0) is 11.3 Å². The highest BCUT2D eigenvalue weighted by molar-refractivity contribution is 5.68. The van der Waals surface area contributed by atoms with Gasteiger partial charge in [0.1, 0.15) is 12.2 Å². The average Bonchev–Trinajstić information content (AvgIpc) is 3.02. The highest BCUT2D eigenvalue weighted by Crippen LogP contribution is 2.30. The molecule has 2 heterocycles. The molecular formula is C39H52N2O4. The minimum absolute atomic E-state index is 0.169. The van der Waals surface area contributed by atoms with E-state index in [1.54, 1.807) is 6.08 Å². The van der Waals surface area contributed by atoms with E-state index in [1.807, 2.05) is 93.3 Å². The summed E-state index contributed by atoms with van der Waals surface area (Å²) in [5, 5.41) is 0. The first-order valence-electron chi connectivity index (χ1n) is 16.1. The minimum atomic E-state index is -0.404. The molecule has 1 saturated heterocycles. The van der Waals surface area contributed by atoms with Crippen LogP contribution in [0.1, 0.15) is 65.0 Å². The minimum Gasteiger partial charge on any atom is -0.477 e. The van der Waals surface area contributed by atoms with Crippen LogP contribution in [0.15, 0.2) is 103 Å². The number of aromatic nitrogens is 1. The Labute approximate surface area is 271 Å². The monoisotopic (exact) mass is 612 g/mol. The molecule has 45 heavy (non-hydrogen) atoms. The maximum atomic E-state index is 12.0. The number of allylic oxidation sites excluding steroid dienone is 8. The van der Waals surface area contributed by atoms with Gasteiger partial charge in [-0.05, 0) is 76.0 Å². The molecule has 242 valence electrons. The maximum Gasteiger partial charge on any atom is 0.410 e. The largest absolute Gasteiger partial charge is 0.477 e. The van der Waals surface area contributed by atoms with Gasteiger partial charge in [0.2, 0.25) is 11.8 Å². The summed E-state index contributed by atoms with van der Waals surface area (Å²) in [6.45, 7) is 18.4. The molecule has 2 aromatic rings. The number of pyridine rings is 1. The second-order valence-corrected chi connectivity index (χ2v) is 12.9. The molecule has 4 rings (SSSR count). The first kappa shape index (κ1) is 35.4. The van der Waals surface area contributed by atoms with E-state index in [4.69, 9.17) is 14.2 Å². The summed E-state index contributed by atoms with van der Waals surface area (Å²) < 4.78 is 17.1. The standard InChI is InChI=1S/C22H25NO2.C17H27NO2/c1-4-5-6-8-11-18(2)16-25-22-19(3)14-15-21(23-22)24-17-20-12-9-7-10-13-20;1-13-5-7-14(8-6-13)15-9-11-18(12-10-15)16(19)20-17(2,3)4/h4-15,18H,1,16-17H2,2-3H3;5,7-8,13,15H,6,9-12H2,1-4H3/b6-5-,11-8-;/t;13-/m.0/s1. The first-order valence-corrected chi connectivity index (χ1v) is 16.1. The van der Waals surface area contributed by atoms with Crippen molar-refractivity contribution in [2.24, 2.45) is 17.8 Å². The number of rotatable bonds is 10. The molecule has 1 aliphatic carbocycles. The van der Waals surface area contributed by atoms with Gasteiger partial charge in [-0.25, -0.2) is 4.79 Å². The highest BCUT2D eigenvalue weighted by Gasteiger charge is 2.28. The number of hydrogen-bond acceptors (Lipinski definition) is 5. The lowest BCUT2D eigenvalue weighted by atomic mass is 9.85. The molecule has 1 aliphatic heterocycles. The van der Waals surface area contributed by atoms with Gasteiger partial charge in [-0.15, -0.1) is 0 Å². The Morgan fingerprint density at radius 1 is 1.07 bits per heavy atom. The van der Waals surface area contributed by atoms with E-state index in [0.29, 0.717) is 36.8 Å². The maximum absolute atomic E-state index is 12.0. The topological polar surface area (TPSA) is 60.9 Å². The fraction of sp³-hybridized carbons (Fsp3) is 0.436. The normalized spacial score (nSPS) is 17.8. The van der Waals surface area contributed by atoms with Crippen molar-refractivity contribution in [1.82, 2.24) is 9.88 Å². The number of carbonyl (C=O) groups excluding carboxylic acids is 1. The molecule has 1 unspecified atom stereocenters. The molecule has 1 amide bonds. The van der Waals surface area contributed by atoms with E-state index < -0.39 is 5.60 Å². The van der Waals surface area contributed by atoms with E-state index >= 15 is 0 Å². The molecule has 6 nitrogen and oxygen atoms in total. The van der Waals surface area contributed by atoms with Gasteiger partial charge in [0.15, 0.2) is 0 Å². The molecule has 0 N–H and O–H groups in total. The highest BCUT2D eigenvalue weighted by atomic mass is 16.6. The van der Waals surface area contributed by atoms with Gasteiger partial charge in [0, 0.05) is 30.6 Å². The van der Waals surface area contributed by atoms with Crippen molar-refractivity contribution in [2.75, 3.05) is 19.7 Å².